The third-order valence-corrected chi connectivity index (χ3v) is 9.60. The summed E-state index contributed by atoms with van der Waals surface area (Å²) in [6.45, 7) is 8.82. The van der Waals surface area contributed by atoms with Gasteiger partial charge in [0.05, 0.1) is 6.54 Å². The van der Waals surface area contributed by atoms with Gasteiger partial charge in [-0.1, -0.05) is 12.1 Å². The third-order valence-electron chi connectivity index (χ3n) is 9.60. The van der Waals surface area contributed by atoms with Crippen LogP contribution in [0.2, 0.25) is 0 Å². The molecule has 0 amide bonds. The second kappa shape index (κ2) is 11.5. The maximum atomic E-state index is 13.3. The molecule has 224 valence electrons. The van der Waals surface area contributed by atoms with E-state index >= 15 is 0 Å². The molecule has 43 heavy (non-hydrogen) atoms. The van der Waals surface area contributed by atoms with Gasteiger partial charge in [-0.2, -0.15) is 9.97 Å². The van der Waals surface area contributed by atoms with Crippen molar-refractivity contribution in [1.29, 1.82) is 0 Å². The number of fused-ring (bicyclic) bond motifs is 1. The van der Waals surface area contributed by atoms with Crippen molar-refractivity contribution in [2.75, 3.05) is 43.4 Å². The molecule has 0 atom stereocenters. The minimum absolute atomic E-state index is 0.193. The zero-order chi connectivity index (χ0) is 29.4. The fourth-order valence-electron chi connectivity index (χ4n) is 6.57. The Kier molecular flexibility index (Phi) is 7.38. The van der Waals surface area contributed by atoms with Crippen LogP contribution in [0.15, 0.2) is 66.1 Å². The van der Waals surface area contributed by atoms with Gasteiger partial charge in [0.15, 0.2) is 11.5 Å². The lowest BCUT2D eigenvalue weighted by molar-refractivity contribution is 0.0945. The maximum Gasteiger partial charge on any atom is 0.278 e. The van der Waals surface area contributed by atoms with Crippen molar-refractivity contribution < 1.29 is 4.74 Å². The van der Waals surface area contributed by atoms with Gasteiger partial charge in [-0.15, -0.1) is 6.58 Å². The molecule has 1 saturated carbocycles. The summed E-state index contributed by atoms with van der Waals surface area (Å²) in [5.41, 5.74) is 2.95. The highest BCUT2D eigenvalue weighted by Gasteiger charge is 2.36. The molecule has 4 aromatic rings. The fourth-order valence-corrected chi connectivity index (χ4v) is 6.57. The SMILES string of the molecule is C=CCn1c(=O)c2cnc(Nc3ccc(N4CCC5(CCN(C)CC5)CC4)cc3)nc2n1-c1cccc(OC2CCC2)n1. The molecule has 3 aromatic heterocycles. The Morgan fingerprint density at radius 2 is 1.77 bits per heavy atom. The van der Waals surface area contributed by atoms with Gasteiger partial charge in [0.1, 0.15) is 11.5 Å². The minimum Gasteiger partial charge on any atom is -0.474 e. The lowest BCUT2D eigenvalue weighted by Gasteiger charge is -2.46. The van der Waals surface area contributed by atoms with Crippen molar-refractivity contribution in [2.45, 2.75) is 57.6 Å². The molecule has 7 rings (SSSR count). The number of rotatable bonds is 8. The molecular weight excluding hydrogens is 540 g/mol. The van der Waals surface area contributed by atoms with Crippen LogP contribution in [0.3, 0.4) is 0 Å². The number of nitrogens with zero attached hydrogens (tertiary/aromatic N) is 7. The molecule has 3 fully saturated rings. The average Bonchev–Trinajstić information content (AvgIpc) is 3.28. The van der Waals surface area contributed by atoms with E-state index in [0.717, 1.165) is 31.6 Å². The zero-order valence-electron chi connectivity index (χ0n) is 24.9. The summed E-state index contributed by atoms with van der Waals surface area (Å²) in [7, 11) is 2.24. The third kappa shape index (κ3) is 5.51. The van der Waals surface area contributed by atoms with Gasteiger partial charge in [0.25, 0.3) is 5.56 Å². The number of ether oxygens (including phenoxy) is 1. The number of nitrogens with one attached hydrogen (secondary N) is 1. The van der Waals surface area contributed by atoms with Crippen LogP contribution in [0.25, 0.3) is 16.9 Å². The van der Waals surface area contributed by atoms with E-state index in [1.54, 1.807) is 21.6 Å². The van der Waals surface area contributed by atoms with Crippen LogP contribution in [-0.2, 0) is 6.54 Å². The van der Waals surface area contributed by atoms with E-state index in [2.05, 4.69) is 58.0 Å². The molecule has 5 heterocycles. The van der Waals surface area contributed by atoms with Gasteiger partial charge in [-0.05, 0) is 101 Å². The molecule has 2 saturated heterocycles. The van der Waals surface area contributed by atoms with E-state index in [-0.39, 0.29) is 11.7 Å². The van der Waals surface area contributed by atoms with Crippen molar-refractivity contribution in [3.63, 3.8) is 0 Å². The quantitative estimate of drug-likeness (QED) is 0.286. The summed E-state index contributed by atoms with van der Waals surface area (Å²) in [6.07, 6.45) is 11.9. The number of hydrogen-bond acceptors (Lipinski definition) is 8. The van der Waals surface area contributed by atoms with E-state index in [1.165, 1.54) is 50.9 Å². The zero-order valence-corrected chi connectivity index (χ0v) is 24.9. The topological polar surface area (TPSA) is 93.3 Å². The minimum atomic E-state index is -0.193. The Balaban J connectivity index is 1.11. The standard InChI is InChI=1S/C33H40N8O2/c1-3-18-40-31(42)27-23-34-32(37-30(27)41(40)28-8-5-9-29(36-28)43-26-6-4-7-26)35-24-10-12-25(13-11-24)39-21-16-33(17-22-39)14-19-38(2)20-15-33/h3,5,8-13,23,26H,1,4,6-7,14-22H2,2H3,(H,34,35,37). The van der Waals surface area contributed by atoms with E-state index in [1.807, 2.05) is 18.2 Å². The van der Waals surface area contributed by atoms with Gasteiger partial charge in [0, 0.05) is 36.7 Å². The van der Waals surface area contributed by atoms with Gasteiger partial charge in [-0.3, -0.25) is 4.79 Å². The number of benzene rings is 1. The first-order chi connectivity index (χ1) is 21.0. The Hall–Kier alpha value is -4.18. The number of likely N-dealkylation sites (tertiary alicyclic amines) is 1. The molecule has 0 unspecified atom stereocenters. The number of anilines is 3. The van der Waals surface area contributed by atoms with Crippen molar-refractivity contribution in [3.05, 3.63) is 71.7 Å². The van der Waals surface area contributed by atoms with Crippen LogP contribution in [0, 0.1) is 5.41 Å². The highest BCUT2D eigenvalue weighted by atomic mass is 16.5. The highest BCUT2D eigenvalue weighted by Crippen LogP contribution is 2.42. The smallest absolute Gasteiger partial charge is 0.278 e. The summed E-state index contributed by atoms with van der Waals surface area (Å²) < 4.78 is 9.35. The molecule has 0 bridgehead atoms. The normalized spacial score (nSPS) is 19.0. The maximum absolute atomic E-state index is 13.3. The molecule has 1 spiro atoms. The number of aromatic nitrogens is 5. The molecule has 1 aliphatic carbocycles. The van der Waals surface area contributed by atoms with Crippen LogP contribution >= 0.6 is 0 Å². The van der Waals surface area contributed by atoms with Crippen LogP contribution < -0.4 is 20.5 Å². The van der Waals surface area contributed by atoms with Gasteiger partial charge in [0.2, 0.25) is 11.8 Å². The predicted molar refractivity (Wildman–Crippen MR) is 170 cm³/mol. The first-order valence-electron chi connectivity index (χ1n) is 15.5. The number of hydrogen-bond donors (Lipinski definition) is 1. The van der Waals surface area contributed by atoms with Crippen LogP contribution in [0.5, 0.6) is 5.88 Å². The monoisotopic (exact) mass is 580 g/mol. The summed E-state index contributed by atoms with van der Waals surface area (Å²) in [4.78, 5) is 32.3. The number of allylic oxidation sites excluding steroid dienone is 1. The van der Waals surface area contributed by atoms with Crippen LogP contribution in [0.4, 0.5) is 17.3 Å². The molecule has 10 heteroatoms. The second-order valence-corrected chi connectivity index (χ2v) is 12.4. The molecule has 2 aliphatic heterocycles. The van der Waals surface area contributed by atoms with Gasteiger partial charge >= 0.3 is 0 Å². The Morgan fingerprint density at radius 3 is 2.47 bits per heavy atom. The first-order valence-corrected chi connectivity index (χ1v) is 15.5. The van der Waals surface area contributed by atoms with Crippen LogP contribution in [-0.4, -0.2) is 68.5 Å². The van der Waals surface area contributed by atoms with Crippen LogP contribution in [0.1, 0.15) is 44.9 Å². The van der Waals surface area contributed by atoms with E-state index in [0.29, 0.717) is 40.6 Å². The predicted octanol–water partition coefficient (Wildman–Crippen LogP) is 5.15. The first kappa shape index (κ1) is 27.6. The van der Waals surface area contributed by atoms with Crippen molar-refractivity contribution >= 4 is 28.4 Å². The van der Waals surface area contributed by atoms with Crippen molar-refractivity contribution in [3.8, 4) is 11.7 Å². The molecule has 10 nitrogen and oxygen atoms in total. The molecule has 0 radical (unpaired) electrons. The van der Waals surface area contributed by atoms with Gasteiger partial charge < -0.3 is 19.9 Å². The Bertz CT molecular complexity index is 1650. The highest BCUT2D eigenvalue weighted by molar-refractivity contribution is 5.77. The molecule has 3 aliphatic rings. The van der Waals surface area contributed by atoms with Crippen molar-refractivity contribution in [1.82, 2.24) is 29.2 Å². The Morgan fingerprint density at radius 1 is 1.02 bits per heavy atom. The average molecular weight is 581 g/mol. The summed E-state index contributed by atoms with van der Waals surface area (Å²) in [6, 6.07) is 14.1. The largest absolute Gasteiger partial charge is 0.474 e. The lowest BCUT2D eigenvalue weighted by Crippen LogP contribution is -2.46. The summed E-state index contributed by atoms with van der Waals surface area (Å²) in [5.74, 6) is 1.52. The number of pyridine rings is 1. The Labute approximate surface area is 252 Å². The van der Waals surface area contributed by atoms with Gasteiger partial charge in [-0.25, -0.2) is 14.3 Å². The lowest BCUT2D eigenvalue weighted by atomic mass is 9.71. The van der Waals surface area contributed by atoms with E-state index in [9.17, 15) is 4.79 Å². The summed E-state index contributed by atoms with van der Waals surface area (Å²) >= 11 is 0. The number of piperidine rings is 2. The second-order valence-electron chi connectivity index (χ2n) is 12.4. The van der Waals surface area contributed by atoms with Crippen molar-refractivity contribution in [2.24, 2.45) is 5.41 Å². The molecule has 1 aromatic carbocycles. The fraction of sp³-hybridized carbons (Fsp3) is 0.455. The van der Waals surface area contributed by atoms with E-state index in [4.69, 9.17) is 14.7 Å². The van der Waals surface area contributed by atoms with E-state index < -0.39 is 0 Å². The summed E-state index contributed by atoms with van der Waals surface area (Å²) in [5, 5.41) is 3.75. The molecular formula is C33H40N8O2. The molecule has 1 N–H and O–H groups in total.